The van der Waals surface area contributed by atoms with E-state index in [1.807, 2.05) is 0 Å². The molecule has 4 N–H and O–H groups in total. The molecule has 21 heavy (non-hydrogen) atoms. The first-order valence-electron chi connectivity index (χ1n) is 7.63. The van der Waals surface area contributed by atoms with E-state index in [0.29, 0.717) is 23.3 Å². The molecule has 1 aliphatic carbocycles. The first-order chi connectivity index (χ1) is 10.2. The second-order valence-electron chi connectivity index (χ2n) is 5.84. The van der Waals surface area contributed by atoms with E-state index >= 15 is 0 Å². The molecule has 1 aromatic rings. The van der Waals surface area contributed by atoms with Gasteiger partial charge in [-0.05, 0) is 25.7 Å². The number of amides is 1. The SMILES string of the molecule is Nc1nc(NC2CC2)sc1C(=O)N1CCCCCC1CO. The Labute approximate surface area is 128 Å². The lowest BCUT2D eigenvalue weighted by molar-refractivity contribution is 0.0605. The summed E-state index contributed by atoms with van der Waals surface area (Å²) in [4.78, 5) is 19.3. The average Bonchev–Trinajstić information content (AvgIpc) is 3.24. The number of carbonyl (C=O) groups is 1. The third-order valence-corrected chi connectivity index (χ3v) is 5.09. The largest absolute Gasteiger partial charge is 0.394 e. The monoisotopic (exact) mass is 310 g/mol. The van der Waals surface area contributed by atoms with Gasteiger partial charge in [0.15, 0.2) is 5.13 Å². The van der Waals surface area contributed by atoms with E-state index in [9.17, 15) is 9.90 Å². The summed E-state index contributed by atoms with van der Waals surface area (Å²) < 4.78 is 0. The van der Waals surface area contributed by atoms with Crippen LogP contribution in [0.3, 0.4) is 0 Å². The predicted molar refractivity (Wildman–Crippen MR) is 83.5 cm³/mol. The number of rotatable bonds is 4. The Hall–Kier alpha value is -1.34. The summed E-state index contributed by atoms with van der Waals surface area (Å²) in [5.74, 6) is 0.212. The highest BCUT2D eigenvalue weighted by Crippen LogP contribution is 2.32. The molecule has 1 saturated heterocycles. The van der Waals surface area contributed by atoms with E-state index in [1.165, 1.54) is 11.3 Å². The van der Waals surface area contributed by atoms with Crippen molar-refractivity contribution in [1.82, 2.24) is 9.88 Å². The van der Waals surface area contributed by atoms with Crippen LogP contribution in [0.1, 0.15) is 48.2 Å². The highest BCUT2D eigenvalue weighted by atomic mass is 32.1. The molecular formula is C14H22N4O2S. The fourth-order valence-electron chi connectivity index (χ4n) is 2.71. The van der Waals surface area contributed by atoms with Crippen molar-refractivity contribution in [2.45, 2.75) is 50.6 Å². The standard InChI is InChI=1S/C14H22N4O2S/c15-12-11(21-14(17-12)16-9-5-6-9)13(20)18-7-3-1-2-4-10(18)8-19/h9-10,19H,1-8,15H2,(H,16,17). The number of aromatic nitrogens is 1. The molecule has 116 valence electrons. The zero-order valence-electron chi connectivity index (χ0n) is 12.0. The van der Waals surface area contributed by atoms with Crippen molar-refractivity contribution >= 4 is 28.2 Å². The summed E-state index contributed by atoms with van der Waals surface area (Å²) in [6.07, 6.45) is 6.31. The molecule has 1 atom stereocenters. The Morgan fingerprint density at radius 3 is 2.90 bits per heavy atom. The molecule has 0 bridgehead atoms. The van der Waals surface area contributed by atoms with Crippen LogP contribution in [0.5, 0.6) is 0 Å². The normalized spacial score (nSPS) is 22.9. The van der Waals surface area contributed by atoms with Crippen molar-refractivity contribution in [3.8, 4) is 0 Å². The zero-order valence-corrected chi connectivity index (χ0v) is 12.9. The Morgan fingerprint density at radius 1 is 1.38 bits per heavy atom. The number of nitrogens with one attached hydrogen (secondary N) is 1. The molecule has 1 amide bonds. The average molecular weight is 310 g/mol. The number of thiazole rings is 1. The number of carbonyl (C=O) groups excluding carboxylic acids is 1. The van der Waals surface area contributed by atoms with Gasteiger partial charge in [-0.1, -0.05) is 24.2 Å². The number of hydrogen-bond acceptors (Lipinski definition) is 6. The van der Waals surface area contributed by atoms with E-state index in [0.717, 1.165) is 43.7 Å². The van der Waals surface area contributed by atoms with Crippen molar-refractivity contribution in [2.75, 3.05) is 24.2 Å². The molecule has 3 rings (SSSR count). The molecule has 0 aromatic carbocycles. The fraction of sp³-hybridized carbons (Fsp3) is 0.714. The summed E-state index contributed by atoms with van der Waals surface area (Å²) >= 11 is 1.33. The first kappa shape index (κ1) is 14.6. The van der Waals surface area contributed by atoms with Crippen LogP contribution in [0.4, 0.5) is 10.9 Å². The van der Waals surface area contributed by atoms with Crippen molar-refractivity contribution < 1.29 is 9.90 Å². The van der Waals surface area contributed by atoms with Crippen LogP contribution in [0.15, 0.2) is 0 Å². The van der Waals surface area contributed by atoms with E-state index < -0.39 is 0 Å². The maximum Gasteiger partial charge on any atom is 0.268 e. The van der Waals surface area contributed by atoms with Crippen LogP contribution in [0.25, 0.3) is 0 Å². The summed E-state index contributed by atoms with van der Waals surface area (Å²) in [5.41, 5.74) is 5.92. The lowest BCUT2D eigenvalue weighted by Gasteiger charge is -2.28. The van der Waals surface area contributed by atoms with Crippen molar-refractivity contribution in [3.63, 3.8) is 0 Å². The molecule has 6 nitrogen and oxygen atoms in total. The molecule has 2 heterocycles. The lowest BCUT2D eigenvalue weighted by Crippen LogP contribution is -2.42. The minimum atomic E-state index is -0.0960. The van der Waals surface area contributed by atoms with Gasteiger partial charge in [0, 0.05) is 12.6 Å². The topological polar surface area (TPSA) is 91.5 Å². The molecule has 1 saturated carbocycles. The number of nitrogens with zero attached hydrogens (tertiary/aromatic N) is 2. The predicted octanol–water partition coefficient (Wildman–Crippen LogP) is 1.68. The smallest absolute Gasteiger partial charge is 0.268 e. The van der Waals surface area contributed by atoms with Gasteiger partial charge in [0.05, 0.1) is 12.6 Å². The van der Waals surface area contributed by atoms with Gasteiger partial charge in [0.2, 0.25) is 0 Å². The number of nitrogen functional groups attached to an aromatic ring is 1. The second-order valence-corrected chi connectivity index (χ2v) is 6.84. The van der Waals surface area contributed by atoms with E-state index in [-0.39, 0.29) is 18.6 Å². The van der Waals surface area contributed by atoms with Crippen LogP contribution >= 0.6 is 11.3 Å². The third-order valence-electron chi connectivity index (χ3n) is 4.10. The fourth-order valence-corrected chi connectivity index (χ4v) is 3.63. The minimum absolute atomic E-state index is 0.0115. The maximum atomic E-state index is 12.7. The zero-order chi connectivity index (χ0) is 14.8. The lowest BCUT2D eigenvalue weighted by atomic mass is 10.1. The van der Waals surface area contributed by atoms with E-state index in [1.54, 1.807) is 4.90 Å². The van der Waals surface area contributed by atoms with Gasteiger partial charge >= 0.3 is 0 Å². The van der Waals surface area contributed by atoms with Gasteiger partial charge in [-0.3, -0.25) is 4.79 Å². The number of nitrogens with two attached hydrogens (primary N) is 1. The Morgan fingerprint density at radius 2 is 2.19 bits per heavy atom. The van der Waals surface area contributed by atoms with Crippen LogP contribution in [-0.2, 0) is 0 Å². The molecule has 2 fully saturated rings. The summed E-state index contributed by atoms with van der Waals surface area (Å²) in [7, 11) is 0. The van der Waals surface area contributed by atoms with Crippen molar-refractivity contribution in [1.29, 1.82) is 0 Å². The molecular weight excluding hydrogens is 288 g/mol. The first-order valence-corrected chi connectivity index (χ1v) is 8.45. The maximum absolute atomic E-state index is 12.7. The van der Waals surface area contributed by atoms with Gasteiger partial charge in [-0.25, -0.2) is 4.98 Å². The number of likely N-dealkylation sites (tertiary alicyclic amines) is 1. The van der Waals surface area contributed by atoms with Crippen LogP contribution < -0.4 is 11.1 Å². The molecule has 0 radical (unpaired) electrons. The highest BCUT2D eigenvalue weighted by molar-refractivity contribution is 7.18. The second kappa shape index (κ2) is 6.19. The Kier molecular flexibility index (Phi) is 4.30. The Bertz CT molecular complexity index is 515. The van der Waals surface area contributed by atoms with Crippen LogP contribution in [-0.4, -0.2) is 46.1 Å². The van der Waals surface area contributed by atoms with Gasteiger partial charge in [0.25, 0.3) is 5.91 Å². The third kappa shape index (κ3) is 3.29. The van der Waals surface area contributed by atoms with Crippen LogP contribution in [0.2, 0.25) is 0 Å². The summed E-state index contributed by atoms with van der Waals surface area (Å²) in [6.45, 7) is 0.699. The van der Waals surface area contributed by atoms with Gasteiger partial charge < -0.3 is 21.1 Å². The molecule has 1 unspecified atom stereocenters. The highest BCUT2D eigenvalue weighted by Gasteiger charge is 2.30. The number of aliphatic hydroxyl groups excluding tert-OH is 1. The van der Waals surface area contributed by atoms with Gasteiger partial charge in [0.1, 0.15) is 10.7 Å². The molecule has 0 spiro atoms. The Balaban J connectivity index is 1.77. The summed E-state index contributed by atoms with van der Waals surface area (Å²) in [5, 5.41) is 13.5. The van der Waals surface area contributed by atoms with Crippen molar-refractivity contribution in [2.24, 2.45) is 0 Å². The van der Waals surface area contributed by atoms with Gasteiger partial charge in [-0.2, -0.15) is 0 Å². The molecule has 2 aliphatic rings. The van der Waals surface area contributed by atoms with Crippen molar-refractivity contribution in [3.05, 3.63) is 4.88 Å². The summed E-state index contributed by atoms with van der Waals surface area (Å²) in [6, 6.07) is 0.392. The molecule has 1 aromatic heterocycles. The van der Waals surface area contributed by atoms with E-state index in [2.05, 4.69) is 10.3 Å². The molecule has 1 aliphatic heterocycles. The van der Waals surface area contributed by atoms with Gasteiger partial charge in [-0.15, -0.1) is 0 Å². The van der Waals surface area contributed by atoms with Crippen LogP contribution in [0, 0.1) is 0 Å². The number of hydrogen-bond donors (Lipinski definition) is 3. The number of aliphatic hydroxyl groups is 1. The quantitative estimate of drug-likeness (QED) is 0.787. The van der Waals surface area contributed by atoms with E-state index in [4.69, 9.17) is 5.73 Å². The number of anilines is 2. The minimum Gasteiger partial charge on any atom is -0.394 e. The molecule has 7 heteroatoms.